The number of aromatic nitrogens is 3. The summed E-state index contributed by atoms with van der Waals surface area (Å²) in [6, 6.07) is 3.86. The summed E-state index contributed by atoms with van der Waals surface area (Å²) in [4.78, 5) is 16.2. The first-order chi connectivity index (χ1) is 10.2. The van der Waals surface area contributed by atoms with E-state index >= 15 is 0 Å². The van der Waals surface area contributed by atoms with Gasteiger partial charge in [-0.05, 0) is 30.5 Å². The molecule has 0 bridgehead atoms. The molecule has 3 rings (SSSR count). The Kier molecular flexibility index (Phi) is 3.96. The van der Waals surface area contributed by atoms with Crippen LogP contribution in [-0.2, 0) is 23.1 Å². The minimum Gasteiger partial charge on any atom is -0.368 e. The van der Waals surface area contributed by atoms with E-state index in [-0.39, 0.29) is 12.0 Å². The lowest BCUT2D eigenvalue weighted by Gasteiger charge is -2.10. The summed E-state index contributed by atoms with van der Waals surface area (Å²) in [7, 11) is 1.87. The van der Waals surface area contributed by atoms with Crippen molar-refractivity contribution in [3.05, 3.63) is 36.3 Å². The maximum absolute atomic E-state index is 11.9. The smallest absolute Gasteiger partial charge is 0.249 e. The Hall–Kier alpha value is -2.21. The van der Waals surface area contributed by atoms with Crippen molar-refractivity contribution in [2.24, 2.45) is 7.05 Å². The van der Waals surface area contributed by atoms with Gasteiger partial charge in [0.2, 0.25) is 5.91 Å². The summed E-state index contributed by atoms with van der Waals surface area (Å²) in [5, 5.41) is 7.05. The van der Waals surface area contributed by atoms with Crippen LogP contribution in [0.3, 0.4) is 0 Å². The largest absolute Gasteiger partial charge is 0.368 e. The summed E-state index contributed by atoms with van der Waals surface area (Å²) < 4.78 is 7.10. The van der Waals surface area contributed by atoms with Crippen molar-refractivity contribution in [1.29, 1.82) is 0 Å². The van der Waals surface area contributed by atoms with Crippen LogP contribution < -0.4 is 5.32 Å². The van der Waals surface area contributed by atoms with Crippen LogP contribution in [0.25, 0.3) is 11.3 Å². The summed E-state index contributed by atoms with van der Waals surface area (Å²) in [5.41, 5.74) is 2.83. The van der Waals surface area contributed by atoms with Gasteiger partial charge in [0, 0.05) is 38.2 Å². The fourth-order valence-electron chi connectivity index (χ4n) is 2.38. The number of ether oxygens (including phenoxy) is 1. The molecule has 6 nitrogen and oxygen atoms in total. The van der Waals surface area contributed by atoms with Crippen LogP contribution >= 0.6 is 0 Å². The van der Waals surface area contributed by atoms with Crippen molar-refractivity contribution < 1.29 is 9.53 Å². The van der Waals surface area contributed by atoms with Crippen molar-refractivity contribution in [3.63, 3.8) is 0 Å². The first-order valence-electron chi connectivity index (χ1n) is 7.05. The van der Waals surface area contributed by atoms with Crippen LogP contribution in [0.15, 0.2) is 30.7 Å². The van der Waals surface area contributed by atoms with E-state index in [4.69, 9.17) is 4.74 Å². The Balaban J connectivity index is 1.64. The Bertz CT molecular complexity index is 632. The topological polar surface area (TPSA) is 69.0 Å². The van der Waals surface area contributed by atoms with Crippen LogP contribution in [0.1, 0.15) is 18.4 Å². The number of carbonyl (C=O) groups excluding carboxylic acids is 1. The third-order valence-corrected chi connectivity index (χ3v) is 3.51. The maximum Gasteiger partial charge on any atom is 0.249 e. The van der Waals surface area contributed by atoms with Crippen molar-refractivity contribution in [2.45, 2.75) is 25.5 Å². The van der Waals surface area contributed by atoms with Crippen LogP contribution in [0.5, 0.6) is 0 Å². The molecule has 1 fully saturated rings. The molecule has 0 saturated carbocycles. The summed E-state index contributed by atoms with van der Waals surface area (Å²) in [6.07, 6.45) is 6.91. The second-order valence-corrected chi connectivity index (χ2v) is 5.17. The van der Waals surface area contributed by atoms with E-state index in [1.165, 1.54) is 0 Å². The SMILES string of the molecule is Cn1cc(-c2cc(CNC(=O)[C@H]3CCCO3)ccn2)cn1. The lowest BCUT2D eigenvalue weighted by molar-refractivity contribution is -0.130. The minimum atomic E-state index is -0.287. The molecule has 1 saturated heterocycles. The second kappa shape index (κ2) is 6.05. The second-order valence-electron chi connectivity index (χ2n) is 5.17. The van der Waals surface area contributed by atoms with Crippen LogP contribution in [-0.4, -0.2) is 33.4 Å². The van der Waals surface area contributed by atoms with E-state index in [0.717, 1.165) is 29.7 Å². The zero-order chi connectivity index (χ0) is 14.7. The van der Waals surface area contributed by atoms with E-state index in [1.807, 2.05) is 25.4 Å². The van der Waals surface area contributed by atoms with Gasteiger partial charge in [-0.25, -0.2) is 0 Å². The number of nitrogens with zero attached hydrogens (tertiary/aromatic N) is 3. The zero-order valence-corrected chi connectivity index (χ0v) is 12.0. The number of hydrogen-bond acceptors (Lipinski definition) is 4. The van der Waals surface area contributed by atoms with Crippen LogP contribution in [0, 0.1) is 0 Å². The maximum atomic E-state index is 11.9. The number of rotatable bonds is 4. The van der Waals surface area contributed by atoms with Crippen LogP contribution in [0.2, 0.25) is 0 Å². The van der Waals surface area contributed by atoms with Gasteiger partial charge >= 0.3 is 0 Å². The molecule has 0 unspecified atom stereocenters. The molecule has 1 aliphatic rings. The third kappa shape index (κ3) is 3.28. The Morgan fingerprint density at radius 2 is 2.48 bits per heavy atom. The molecule has 2 aromatic heterocycles. The summed E-state index contributed by atoms with van der Waals surface area (Å²) >= 11 is 0. The van der Waals surface area contributed by atoms with Crippen molar-refractivity contribution in [3.8, 4) is 11.3 Å². The zero-order valence-electron chi connectivity index (χ0n) is 12.0. The molecule has 0 spiro atoms. The Labute approximate surface area is 123 Å². The molecule has 1 aliphatic heterocycles. The van der Waals surface area contributed by atoms with E-state index in [9.17, 15) is 4.79 Å². The van der Waals surface area contributed by atoms with Gasteiger partial charge in [-0.2, -0.15) is 5.10 Å². The van der Waals surface area contributed by atoms with Gasteiger partial charge in [0.05, 0.1) is 11.9 Å². The van der Waals surface area contributed by atoms with E-state index in [1.54, 1.807) is 17.1 Å². The predicted octanol–water partition coefficient (Wildman–Crippen LogP) is 1.28. The van der Waals surface area contributed by atoms with E-state index < -0.39 is 0 Å². The Morgan fingerprint density at radius 1 is 1.57 bits per heavy atom. The number of aryl methyl sites for hydroxylation is 1. The highest BCUT2D eigenvalue weighted by atomic mass is 16.5. The highest BCUT2D eigenvalue weighted by Crippen LogP contribution is 2.17. The van der Waals surface area contributed by atoms with Gasteiger partial charge in [-0.3, -0.25) is 14.5 Å². The number of nitrogens with one attached hydrogen (secondary N) is 1. The molecule has 21 heavy (non-hydrogen) atoms. The van der Waals surface area contributed by atoms with Gasteiger partial charge < -0.3 is 10.1 Å². The average Bonchev–Trinajstić information content (AvgIpc) is 3.16. The number of pyridine rings is 1. The minimum absolute atomic E-state index is 0.0350. The molecule has 3 heterocycles. The lowest BCUT2D eigenvalue weighted by atomic mass is 10.1. The normalized spacial score (nSPS) is 17.9. The fraction of sp³-hybridized carbons (Fsp3) is 0.400. The molecule has 0 radical (unpaired) electrons. The lowest BCUT2D eigenvalue weighted by Crippen LogP contribution is -2.33. The van der Waals surface area contributed by atoms with Gasteiger partial charge in [-0.15, -0.1) is 0 Å². The monoisotopic (exact) mass is 286 g/mol. The van der Waals surface area contributed by atoms with Crippen molar-refractivity contribution >= 4 is 5.91 Å². The number of hydrogen-bond donors (Lipinski definition) is 1. The quantitative estimate of drug-likeness (QED) is 0.919. The van der Waals surface area contributed by atoms with E-state index in [0.29, 0.717) is 13.2 Å². The molecular weight excluding hydrogens is 268 g/mol. The summed E-state index contributed by atoms with van der Waals surface area (Å²) in [6.45, 7) is 1.16. The third-order valence-electron chi connectivity index (χ3n) is 3.51. The molecule has 1 atom stereocenters. The standard InChI is InChI=1S/C15H18N4O2/c1-19-10-12(9-18-19)13-7-11(4-5-16-13)8-17-15(20)14-3-2-6-21-14/h4-5,7,9-10,14H,2-3,6,8H2,1H3,(H,17,20)/t14-/m1/s1. The Morgan fingerprint density at radius 3 is 3.19 bits per heavy atom. The molecule has 1 amide bonds. The molecule has 110 valence electrons. The first-order valence-corrected chi connectivity index (χ1v) is 7.05. The summed E-state index contributed by atoms with van der Waals surface area (Å²) in [5.74, 6) is -0.0350. The van der Waals surface area contributed by atoms with Gasteiger partial charge in [0.1, 0.15) is 6.10 Å². The molecule has 1 N–H and O–H groups in total. The first kappa shape index (κ1) is 13.8. The van der Waals surface area contributed by atoms with Crippen LogP contribution in [0.4, 0.5) is 0 Å². The number of carbonyl (C=O) groups is 1. The van der Waals surface area contributed by atoms with Crippen molar-refractivity contribution in [1.82, 2.24) is 20.1 Å². The highest BCUT2D eigenvalue weighted by Gasteiger charge is 2.22. The fourth-order valence-corrected chi connectivity index (χ4v) is 2.38. The molecular formula is C15H18N4O2. The molecule has 0 aromatic carbocycles. The van der Waals surface area contributed by atoms with Crippen molar-refractivity contribution in [2.75, 3.05) is 6.61 Å². The van der Waals surface area contributed by atoms with Gasteiger partial charge in [0.15, 0.2) is 0 Å². The predicted molar refractivity (Wildman–Crippen MR) is 77.3 cm³/mol. The molecule has 6 heteroatoms. The average molecular weight is 286 g/mol. The van der Waals surface area contributed by atoms with Gasteiger partial charge in [0.25, 0.3) is 0 Å². The number of amides is 1. The van der Waals surface area contributed by atoms with E-state index in [2.05, 4.69) is 15.4 Å². The highest BCUT2D eigenvalue weighted by molar-refractivity contribution is 5.80. The molecule has 0 aliphatic carbocycles. The van der Waals surface area contributed by atoms with Gasteiger partial charge in [-0.1, -0.05) is 0 Å². The molecule has 2 aromatic rings.